The first-order valence-electron chi connectivity index (χ1n) is 6.71. The molecule has 2 rings (SSSR count). The zero-order valence-electron chi connectivity index (χ0n) is 11.5. The summed E-state index contributed by atoms with van der Waals surface area (Å²) < 4.78 is 5.45. The molecule has 0 heterocycles. The van der Waals surface area contributed by atoms with Crippen molar-refractivity contribution in [3.05, 3.63) is 42.5 Å². The molecule has 0 aromatic heterocycles. The molecule has 0 unspecified atom stereocenters. The molecule has 0 radical (unpaired) electrons. The molecule has 2 aromatic carbocycles. The van der Waals surface area contributed by atoms with Gasteiger partial charge in [-0.3, -0.25) is 4.79 Å². The van der Waals surface area contributed by atoms with E-state index in [1.807, 2.05) is 42.5 Å². The molecule has 0 bridgehead atoms. The number of carbonyl (C=O) groups is 1. The molecule has 0 atom stereocenters. The smallest absolute Gasteiger partial charge is 0.277 e. The van der Waals surface area contributed by atoms with Crippen molar-refractivity contribution in [1.82, 2.24) is 5.43 Å². The molecular weight excluding hydrogens is 252 g/mol. The number of rotatable bonds is 6. The minimum Gasteiger partial charge on any atom is -0.484 e. The van der Waals surface area contributed by atoms with Gasteiger partial charge in [-0.25, -0.2) is 5.43 Å². The van der Waals surface area contributed by atoms with Crippen LogP contribution in [0.15, 0.2) is 47.6 Å². The van der Waals surface area contributed by atoms with Crippen LogP contribution in [0.25, 0.3) is 10.8 Å². The molecule has 1 amide bonds. The van der Waals surface area contributed by atoms with Crippen molar-refractivity contribution >= 4 is 22.9 Å². The van der Waals surface area contributed by atoms with Crippen LogP contribution in [-0.2, 0) is 4.79 Å². The Labute approximate surface area is 118 Å². The summed E-state index contributed by atoms with van der Waals surface area (Å²) in [5, 5.41) is 6.05. The molecular formula is C16H18N2O2. The van der Waals surface area contributed by atoms with Gasteiger partial charge in [0.15, 0.2) is 6.61 Å². The summed E-state index contributed by atoms with van der Waals surface area (Å²) >= 11 is 0. The average molecular weight is 270 g/mol. The molecule has 2 aromatic rings. The molecule has 0 fully saturated rings. The molecule has 0 spiro atoms. The lowest BCUT2D eigenvalue weighted by Crippen LogP contribution is -2.24. The van der Waals surface area contributed by atoms with Crippen LogP contribution in [-0.4, -0.2) is 18.7 Å². The van der Waals surface area contributed by atoms with E-state index in [4.69, 9.17) is 4.74 Å². The average Bonchev–Trinajstić information content (AvgIpc) is 2.49. The first-order chi connectivity index (χ1) is 9.79. The van der Waals surface area contributed by atoms with E-state index in [-0.39, 0.29) is 12.5 Å². The lowest BCUT2D eigenvalue weighted by Gasteiger charge is -2.06. The van der Waals surface area contributed by atoms with Crippen molar-refractivity contribution in [3.8, 4) is 5.75 Å². The van der Waals surface area contributed by atoms with E-state index in [0.29, 0.717) is 5.75 Å². The highest BCUT2D eigenvalue weighted by Gasteiger charge is 2.02. The molecule has 104 valence electrons. The fourth-order valence-electron chi connectivity index (χ4n) is 1.75. The van der Waals surface area contributed by atoms with Crippen molar-refractivity contribution in [1.29, 1.82) is 0 Å². The summed E-state index contributed by atoms with van der Waals surface area (Å²) in [6.45, 7) is 2.01. The Morgan fingerprint density at radius 3 is 2.85 bits per heavy atom. The highest BCUT2D eigenvalue weighted by atomic mass is 16.5. The summed E-state index contributed by atoms with van der Waals surface area (Å²) in [5.41, 5.74) is 2.43. The topological polar surface area (TPSA) is 50.7 Å². The maximum atomic E-state index is 11.5. The van der Waals surface area contributed by atoms with Crippen LogP contribution in [0.3, 0.4) is 0 Å². The second-order valence-corrected chi connectivity index (χ2v) is 4.43. The van der Waals surface area contributed by atoms with Crippen LogP contribution in [0.5, 0.6) is 5.75 Å². The number of ether oxygens (including phenoxy) is 1. The molecule has 4 heteroatoms. The summed E-state index contributed by atoms with van der Waals surface area (Å²) in [7, 11) is 0. The number of hydrogen-bond acceptors (Lipinski definition) is 3. The van der Waals surface area contributed by atoms with E-state index in [1.54, 1.807) is 6.21 Å². The molecule has 0 aliphatic rings. The van der Waals surface area contributed by atoms with Gasteiger partial charge in [0.25, 0.3) is 5.91 Å². The normalized spacial score (nSPS) is 10.8. The van der Waals surface area contributed by atoms with Crippen LogP contribution < -0.4 is 10.2 Å². The monoisotopic (exact) mass is 270 g/mol. The maximum absolute atomic E-state index is 11.5. The van der Waals surface area contributed by atoms with Gasteiger partial charge >= 0.3 is 0 Å². The number of hydrazone groups is 1. The quantitative estimate of drug-likeness (QED) is 0.647. The van der Waals surface area contributed by atoms with Crippen molar-refractivity contribution in [2.75, 3.05) is 6.61 Å². The number of fused-ring (bicyclic) bond motifs is 1. The van der Waals surface area contributed by atoms with E-state index in [0.717, 1.165) is 23.6 Å². The van der Waals surface area contributed by atoms with Crippen LogP contribution in [0, 0.1) is 0 Å². The number of nitrogens with zero attached hydrogens (tertiary/aromatic N) is 1. The van der Waals surface area contributed by atoms with Crippen LogP contribution in [0.4, 0.5) is 0 Å². The predicted molar refractivity (Wildman–Crippen MR) is 81.0 cm³/mol. The Hall–Kier alpha value is -2.36. The number of unbranched alkanes of at least 4 members (excludes halogenated alkanes) is 1. The molecule has 4 nitrogen and oxygen atoms in total. The van der Waals surface area contributed by atoms with E-state index in [9.17, 15) is 4.79 Å². The van der Waals surface area contributed by atoms with Crippen molar-refractivity contribution in [2.45, 2.75) is 19.8 Å². The fraction of sp³-hybridized carbons (Fsp3) is 0.250. The van der Waals surface area contributed by atoms with Gasteiger partial charge in [0.1, 0.15) is 5.75 Å². The molecule has 0 aliphatic carbocycles. The van der Waals surface area contributed by atoms with Gasteiger partial charge in [-0.1, -0.05) is 43.7 Å². The van der Waals surface area contributed by atoms with E-state index >= 15 is 0 Å². The van der Waals surface area contributed by atoms with Gasteiger partial charge in [-0.15, -0.1) is 0 Å². The van der Waals surface area contributed by atoms with Crippen LogP contribution >= 0.6 is 0 Å². The number of nitrogens with one attached hydrogen (secondary N) is 1. The van der Waals surface area contributed by atoms with E-state index < -0.39 is 0 Å². The molecule has 0 saturated carbocycles. The van der Waals surface area contributed by atoms with Gasteiger partial charge in [0, 0.05) is 6.21 Å². The summed E-state index contributed by atoms with van der Waals surface area (Å²) in [5.74, 6) is 0.418. The Morgan fingerprint density at radius 2 is 2.05 bits per heavy atom. The third-order valence-corrected chi connectivity index (χ3v) is 2.79. The van der Waals surface area contributed by atoms with E-state index in [2.05, 4.69) is 17.5 Å². The predicted octanol–water partition coefficient (Wildman–Crippen LogP) is 3.12. The second kappa shape index (κ2) is 7.28. The third kappa shape index (κ3) is 4.09. The zero-order valence-corrected chi connectivity index (χ0v) is 11.5. The van der Waals surface area contributed by atoms with Gasteiger partial charge in [-0.2, -0.15) is 5.10 Å². The minimum atomic E-state index is -0.259. The summed E-state index contributed by atoms with van der Waals surface area (Å²) in [6.07, 6.45) is 3.55. The fourth-order valence-corrected chi connectivity index (χ4v) is 1.75. The summed E-state index contributed by atoms with van der Waals surface area (Å²) in [4.78, 5) is 11.5. The molecule has 1 N–H and O–H groups in total. The summed E-state index contributed by atoms with van der Waals surface area (Å²) in [6, 6.07) is 13.8. The maximum Gasteiger partial charge on any atom is 0.277 e. The van der Waals surface area contributed by atoms with Gasteiger partial charge < -0.3 is 4.74 Å². The minimum absolute atomic E-state index is 0.0399. The molecule has 0 aliphatic heterocycles. The molecule has 0 saturated heterocycles. The number of carbonyl (C=O) groups excluding carboxylic acids is 1. The number of hydrogen-bond donors (Lipinski definition) is 1. The molecule has 20 heavy (non-hydrogen) atoms. The largest absolute Gasteiger partial charge is 0.484 e. The SMILES string of the molecule is CCCC=NNC(=O)COc1ccc2ccccc2c1. The van der Waals surface area contributed by atoms with Crippen LogP contribution in [0.1, 0.15) is 19.8 Å². The van der Waals surface area contributed by atoms with Crippen molar-refractivity contribution < 1.29 is 9.53 Å². The third-order valence-electron chi connectivity index (χ3n) is 2.79. The first-order valence-corrected chi connectivity index (χ1v) is 6.71. The highest BCUT2D eigenvalue weighted by Crippen LogP contribution is 2.20. The van der Waals surface area contributed by atoms with Gasteiger partial charge in [0.2, 0.25) is 0 Å². The lowest BCUT2D eigenvalue weighted by atomic mass is 10.1. The Balaban J connectivity index is 1.87. The van der Waals surface area contributed by atoms with E-state index in [1.165, 1.54) is 0 Å². The standard InChI is InChI=1S/C16H18N2O2/c1-2-3-10-17-18-16(19)12-20-15-9-8-13-6-4-5-7-14(13)11-15/h4-11H,2-3,12H2,1H3,(H,18,19). The Bertz CT molecular complexity index is 608. The lowest BCUT2D eigenvalue weighted by molar-refractivity contribution is -0.123. The second-order valence-electron chi connectivity index (χ2n) is 4.43. The van der Waals surface area contributed by atoms with Gasteiger partial charge in [0.05, 0.1) is 0 Å². The first kappa shape index (κ1) is 14.1. The Morgan fingerprint density at radius 1 is 1.25 bits per heavy atom. The number of benzene rings is 2. The Kier molecular flexibility index (Phi) is 5.12. The van der Waals surface area contributed by atoms with Crippen LogP contribution in [0.2, 0.25) is 0 Å². The van der Waals surface area contributed by atoms with Crippen molar-refractivity contribution in [2.24, 2.45) is 5.10 Å². The highest BCUT2D eigenvalue weighted by molar-refractivity contribution is 5.84. The van der Waals surface area contributed by atoms with Crippen molar-refractivity contribution in [3.63, 3.8) is 0 Å². The number of amides is 1. The van der Waals surface area contributed by atoms with Gasteiger partial charge in [-0.05, 0) is 29.3 Å². The zero-order chi connectivity index (χ0) is 14.2.